The number of hydrogen-bond donors (Lipinski definition) is 1. The highest BCUT2D eigenvalue weighted by molar-refractivity contribution is 7.92. The first-order chi connectivity index (χ1) is 18.3. The minimum atomic E-state index is -4.49. The average Bonchev–Trinajstić information content (AvgIpc) is 3.25. The maximum atomic E-state index is 13.5. The lowest BCUT2D eigenvalue weighted by Gasteiger charge is -2.21. The van der Waals surface area contributed by atoms with Gasteiger partial charge in [-0.05, 0) is 68.8 Å². The Balaban J connectivity index is 1.58. The molecule has 204 valence electrons. The molecule has 0 amide bonds. The van der Waals surface area contributed by atoms with Crippen molar-refractivity contribution in [1.29, 1.82) is 0 Å². The van der Waals surface area contributed by atoms with Gasteiger partial charge in [0.25, 0.3) is 10.0 Å². The number of carboxylic acids is 1. The van der Waals surface area contributed by atoms with Crippen molar-refractivity contribution in [3.63, 3.8) is 0 Å². The maximum absolute atomic E-state index is 13.5. The Kier molecular flexibility index (Phi) is 7.66. The van der Waals surface area contributed by atoms with Crippen LogP contribution in [0.3, 0.4) is 0 Å². The van der Waals surface area contributed by atoms with Gasteiger partial charge in [-0.3, -0.25) is 0 Å². The molecule has 4 aromatic rings. The number of nitrogens with zero attached hydrogens (tertiary/aromatic N) is 3. The first kappa shape index (κ1) is 28.0. The molecule has 2 aromatic carbocycles. The van der Waals surface area contributed by atoms with Gasteiger partial charge < -0.3 is 9.84 Å². The van der Waals surface area contributed by atoms with Crippen LogP contribution in [0.2, 0.25) is 0 Å². The van der Waals surface area contributed by atoms with E-state index >= 15 is 0 Å². The molecule has 0 saturated carbocycles. The molecule has 39 heavy (non-hydrogen) atoms. The summed E-state index contributed by atoms with van der Waals surface area (Å²) >= 11 is 1.28. The van der Waals surface area contributed by atoms with Crippen LogP contribution in [-0.2, 0) is 16.2 Å². The third kappa shape index (κ3) is 5.88. The molecule has 0 radical (unpaired) electrons. The molecule has 0 unspecified atom stereocenters. The molecule has 8 nitrogen and oxygen atoms in total. The summed E-state index contributed by atoms with van der Waals surface area (Å²) < 4.78 is 71.7. The van der Waals surface area contributed by atoms with E-state index in [1.165, 1.54) is 23.5 Å². The van der Waals surface area contributed by atoms with E-state index in [9.17, 15) is 31.5 Å². The highest BCUT2D eigenvalue weighted by Crippen LogP contribution is 2.36. The predicted molar refractivity (Wildman–Crippen MR) is 140 cm³/mol. The van der Waals surface area contributed by atoms with Gasteiger partial charge in [0.15, 0.2) is 5.82 Å². The number of ether oxygens (including phenoxy) is 1. The number of aromatic carboxylic acids is 1. The van der Waals surface area contributed by atoms with E-state index < -0.39 is 27.7 Å². The van der Waals surface area contributed by atoms with Gasteiger partial charge in [-0.15, -0.1) is 11.3 Å². The van der Waals surface area contributed by atoms with Gasteiger partial charge in [0.2, 0.25) is 5.88 Å². The smallest absolute Gasteiger partial charge is 0.417 e. The number of anilines is 1. The number of thiazole rings is 1. The van der Waals surface area contributed by atoms with Crippen molar-refractivity contribution < 1.29 is 36.2 Å². The van der Waals surface area contributed by atoms with Crippen LogP contribution in [0, 0.1) is 13.8 Å². The lowest BCUT2D eigenvalue weighted by Crippen LogP contribution is -2.31. The lowest BCUT2D eigenvalue weighted by atomic mass is 10.1. The number of hydrogen-bond acceptors (Lipinski definition) is 7. The minimum Gasteiger partial charge on any atom is -0.478 e. The second-order valence-corrected chi connectivity index (χ2v) is 11.4. The fourth-order valence-electron chi connectivity index (χ4n) is 3.69. The van der Waals surface area contributed by atoms with Crippen LogP contribution in [0.5, 0.6) is 11.6 Å². The van der Waals surface area contributed by atoms with Crippen LogP contribution in [0.15, 0.2) is 65.7 Å². The van der Waals surface area contributed by atoms with Gasteiger partial charge in [0.1, 0.15) is 10.8 Å². The Morgan fingerprint density at radius 1 is 1.08 bits per heavy atom. The Hall–Kier alpha value is -3.97. The molecule has 13 heteroatoms. The van der Waals surface area contributed by atoms with Crippen molar-refractivity contribution in [3.05, 3.63) is 82.4 Å². The minimum absolute atomic E-state index is 0.00548. The molecule has 2 heterocycles. The van der Waals surface area contributed by atoms with Crippen molar-refractivity contribution in [3.8, 4) is 22.2 Å². The third-order valence-corrected chi connectivity index (χ3v) is 8.58. The number of carbonyl (C=O) groups is 1. The fourth-order valence-corrected chi connectivity index (χ4v) is 6.18. The summed E-state index contributed by atoms with van der Waals surface area (Å²) in [7, 11) is -4.11. The van der Waals surface area contributed by atoms with Crippen molar-refractivity contribution >= 4 is 33.1 Å². The van der Waals surface area contributed by atoms with Crippen molar-refractivity contribution in [1.82, 2.24) is 9.97 Å². The van der Waals surface area contributed by atoms with Gasteiger partial charge in [0.05, 0.1) is 16.0 Å². The highest BCUT2D eigenvalue weighted by atomic mass is 32.2. The number of aromatic nitrogens is 2. The number of aryl methyl sites for hydroxylation is 2. The van der Waals surface area contributed by atoms with Crippen molar-refractivity contribution in [2.24, 2.45) is 0 Å². The van der Waals surface area contributed by atoms with Crippen LogP contribution in [-0.4, -0.2) is 36.0 Å². The topological polar surface area (TPSA) is 110 Å². The molecule has 1 N–H and O–H groups in total. The molecular weight excluding hydrogens is 555 g/mol. The number of halogens is 3. The van der Waals surface area contributed by atoms with E-state index in [2.05, 4.69) is 9.97 Å². The van der Waals surface area contributed by atoms with Gasteiger partial charge >= 0.3 is 12.1 Å². The zero-order valence-electron chi connectivity index (χ0n) is 20.9. The molecule has 0 saturated heterocycles. The molecule has 0 spiro atoms. The van der Waals surface area contributed by atoms with E-state index in [-0.39, 0.29) is 28.7 Å². The summed E-state index contributed by atoms with van der Waals surface area (Å²) in [5.74, 6) is -0.662. The van der Waals surface area contributed by atoms with E-state index in [4.69, 9.17) is 4.74 Å². The number of carboxylic acid groups (broad SMARTS) is 1. The molecule has 2 aromatic heterocycles. The molecule has 0 fully saturated rings. The Morgan fingerprint density at radius 3 is 2.33 bits per heavy atom. The molecule has 0 aliphatic rings. The van der Waals surface area contributed by atoms with Gasteiger partial charge in [-0.1, -0.05) is 6.07 Å². The SMILES string of the molecule is CCN(c1nc(-c2ccc(Oc3ccc(C(F)(F)F)cn3)cc2)sc1C)S(=O)(=O)c1ccc(C)c(C(=O)O)c1. The molecule has 0 atom stereocenters. The number of rotatable bonds is 8. The molecule has 0 bridgehead atoms. The van der Waals surface area contributed by atoms with Crippen LogP contribution >= 0.6 is 11.3 Å². The maximum Gasteiger partial charge on any atom is 0.417 e. The normalized spacial score (nSPS) is 11.8. The monoisotopic (exact) mass is 577 g/mol. The molecule has 0 aliphatic heterocycles. The average molecular weight is 578 g/mol. The third-order valence-electron chi connectivity index (χ3n) is 5.71. The predicted octanol–water partition coefficient (Wildman–Crippen LogP) is 6.55. The number of pyridine rings is 1. The van der Waals surface area contributed by atoms with Gasteiger partial charge in [-0.25, -0.2) is 27.5 Å². The summed E-state index contributed by atoms with van der Waals surface area (Å²) in [6.07, 6.45) is -3.80. The van der Waals surface area contributed by atoms with E-state index in [0.29, 0.717) is 33.0 Å². The number of sulfonamides is 1. The summed E-state index contributed by atoms with van der Waals surface area (Å²) in [6, 6.07) is 12.5. The standard InChI is InChI=1S/C26H22F3N3O5S2/c1-4-32(39(35,36)20-11-5-15(2)21(13-20)25(33)34)23-16(3)38-24(31-23)17-6-9-19(10-7-17)37-22-12-8-18(14-30-22)26(27,28)29/h5-14H,4H2,1-3H3,(H,33,34). The highest BCUT2D eigenvalue weighted by Gasteiger charge is 2.31. The summed E-state index contributed by atoms with van der Waals surface area (Å²) in [6.45, 7) is 5.05. The summed E-state index contributed by atoms with van der Waals surface area (Å²) in [5, 5.41) is 9.94. The number of alkyl halides is 3. The first-order valence-electron chi connectivity index (χ1n) is 11.5. The number of benzene rings is 2. The van der Waals surface area contributed by atoms with Crippen LogP contribution in [0.1, 0.15) is 33.3 Å². The lowest BCUT2D eigenvalue weighted by molar-refractivity contribution is -0.137. The quantitative estimate of drug-likeness (QED) is 0.253. The molecular formula is C26H22F3N3O5S2. The van der Waals surface area contributed by atoms with Crippen molar-refractivity contribution in [2.75, 3.05) is 10.8 Å². The summed E-state index contributed by atoms with van der Waals surface area (Å²) in [4.78, 5) is 20.2. The Bertz CT molecular complexity index is 1620. The van der Waals surface area contributed by atoms with Crippen LogP contribution < -0.4 is 9.04 Å². The van der Waals surface area contributed by atoms with Crippen LogP contribution in [0.4, 0.5) is 19.0 Å². The largest absolute Gasteiger partial charge is 0.478 e. The van der Waals surface area contributed by atoms with Gasteiger partial charge in [0, 0.05) is 29.2 Å². The molecule has 0 aliphatic carbocycles. The second-order valence-electron chi connectivity index (χ2n) is 8.36. The molecule has 4 rings (SSSR count). The van der Waals surface area contributed by atoms with Crippen LogP contribution in [0.25, 0.3) is 10.6 Å². The zero-order valence-corrected chi connectivity index (χ0v) is 22.5. The Labute approximate surface area is 226 Å². The van der Waals surface area contributed by atoms with Crippen molar-refractivity contribution in [2.45, 2.75) is 31.8 Å². The Morgan fingerprint density at radius 2 is 1.77 bits per heavy atom. The van der Waals surface area contributed by atoms with E-state index in [1.807, 2.05) is 0 Å². The fraction of sp³-hybridized carbons (Fsp3) is 0.192. The van der Waals surface area contributed by atoms with E-state index in [0.717, 1.165) is 22.5 Å². The second kappa shape index (κ2) is 10.7. The van der Waals surface area contributed by atoms with Gasteiger partial charge in [-0.2, -0.15) is 13.2 Å². The zero-order chi connectivity index (χ0) is 28.5. The van der Waals surface area contributed by atoms with E-state index in [1.54, 1.807) is 45.0 Å². The summed E-state index contributed by atoms with van der Waals surface area (Å²) in [5.41, 5.74) is 0.127. The first-order valence-corrected chi connectivity index (χ1v) is 13.7.